The molecule has 0 bridgehead atoms. The van der Waals surface area contributed by atoms with Crippen molar-refractivity contribution in [1.82, 2.24) is 0 Å². The molecule has 0 saturated heterocycles. The summed E-state index contributed by atoms with van der Waals surface area (Å²) in [5.74, 6) is 0. The number of thiophene rings is 1. The Bertz CT molecular complexity index is 424. The first-order chi connectivity index (χ1) is 7.27. The van der Waals surface area contributed by atoms with Crippen molar-refractivity contribution in [3.8, 4) is 0 Å². The Morgan fingerprint density at radius 1 is 1.20 bits per heavy atom. The lowest BCUT2D eigenvalue weighted by Crippen LogP contribution is -1.99. The minimum atomic E-state index is -0.415. The van der Waals surface area contributed by atoms with Crippen molar-refractivity contribution in [1.29, 1.82) is 0 Å². The summed E-state index contributed by atoms with van der Waals surface area (Å²) in [7, 11) is 0. The smallest absolute Gasteiger partial charge is 0.0933 e. The first-order valence-corrected chi connectivity index (χ1v) is 6.39. The minimum absolute atomic E-state index is 0.415. The van der Waals surface area contributed by atoms with Crippen molar-refractivity contribution >= 4 is 27.3 Å². The van der Waals surface area contributed by atoms with E-state index in [0.717, 1.165) is 14.9 Å². The van der Waals surface area contributed by atoms with Gasteiger partial charge in [0.25, 0.3) is 0 Å². The van der Waals surface area contributed by atoms with Gasteiger partial charge in [0.1, 0.15) is 0 Å². The lowest BCUT2D eigenvalue weighted by Gasteiger charge is -2.09. The molecule has 0 aliphatic rings. The van der Waals surface area contributed by atoms with Gasteiger partial charge in [-0.05, 0) is 32.9 Å². The standard InChI is InChI=1S/C12H11BrOS/c13-10-6-7-15-12(10)11(14)8-9-4-2-1-3-5-9/h1-7,11,14H,8H2. The number of hydrogen-bond donors (Lipinski definition) is 1. The molecule has 1 unspecified atom stereocenters. The monoisotopic (exact) mass is 282 g/mol. The Labute approximate surface area is 102 Å². The predicted molar refractivity (Wildman–Crippen MR) is 67.1 cm³/mol. The zero-order valence-corrected chi connectivity index (χ0v) is 10.5. The van der Waals surface area contributed by atoms with Crippen LogP contribution in [0.25, 0.3) is 0 Å². The highest BCUT2D eigenvalue weighted by Gasteiger charge is 2.12. The third-order valence-electron chi connectivity index (χ3n) is 2.22. The normalized spacial score (nSPS) is 12.7. The maximum Gasteiger partial charge on any atom is 0.0933 e. The molecule has 1 atom stereocenters. The van der Waals surface area contributed by atoms with E-state index in [-0.39, 0.29) is 0 Å². The Kier molecular flexibility index (Phi) is 3.57. The Morgan fingerprint density at radius 3 is 2.53 bits per heavy atom. The Morgan fingerprint density at radius 2 is 1.93 bits per heavy atom. The average Bonchev–Trinajstić information content (AvgIpc) is 2.66. The van der Waals surface area contributed by atoms with Crippen LogP contribution in [-0.4, -0.2) is 5.11 Å². The van der Waals surface area contributed by atoms with Crippen LogP contribution in [-0.2, 0) is 6.42 Å². The summed E-state index contributed by atoms with van der Waals surface area (Å²) in [4.78, 5) is 0.999. The summed E-state index contributed by atoms with van der Waals surface area (Å²) in [5.41, 5.74) is 1.16. The summed E-state index contributed by atoms with van der Waals surface area (Å²) < 4.78 is 0.996. The lowest BCUT2D eigenvalue weighted by molar-refractivity contribution is 0.181. The van der Waals surface area contributed by atoms with E-state index in [1.165, 1.54) is 0 Å². The molecular weight excluding hydrogens is 272 g/mol. The Balaban J connectivity index is 2.11. The molecule has 1 aromatic carbocycles. The van der Waals surface area contributed by atoms with Crippen molar-refractivity contribution < 1.29 is 5.11 Å². The summed E-state index contributed by atoms with van der Waals surface area (Å²) in [6.07, 6.45) is 0.252. The third-order valence-corrected chi connectivity index (χ3v) is 4.19. The van der Waals surface area contributed by atoms with Gasteiger partial charge in [-0.1, -0.05) is 30.3 Å². The zero-order valence-electron chi connectivity index (χ0n) is 8.06. The van der Waals surface area contributed by atoms with Crippen molar-refractivity contribution in [2.24, 2.45) is 0 Å². The summed E-state index contributed by atoms with van der Waals surface area (Å²) in [5, 5.41) is 12.0. The van der Waals surface area contributed by atoms with Crippen LogP contribution in [0.5, 0.6) is 0 Å². The quantitative estimate of drug-likeness (QED) is 0.908. The van der Waals surface area contributed by atoms with E-state index in [2.05, 4.69) is 15.9 Å². The van der Waals surface area contributed by atoms with E-state index in [0.29, 0.717) is 6.42 Å². The van der Waals surface area contributed by atoms with Gasteiger partial charge >= 0.3 is 0 Å². The maximum absolute atomic E-state index is 10.0. The molecule has 2 aromatic rings. The van der Waals surface area contributed by atoms with E-state index >= 15 is 0 Å². The van der Waals surface area contributed by atoms with E-state index in [9.17, 15) is 5.11 Å². The average molecular weight is 283 g/mol. The molecule has 0 fully saturated rings. The molecule has 0 radical (unpaired) electrons. The van der Waals surface area contributed by atoms with E-state index in [1.54, 1.807) is 11.3 Å². The second-order valence-electron chi connectivity index (χ2n) is 3.34. The molecule has 0 amide bonds. The molecule has 1 heterocycles. The van der Waals surface area contributed by atoms with Crippen LogP contribution in [0.4, 0.5) is 0 Å². The van der Waals surface area contributed by atoms with Crippen LogP contribution >= 0.6 is 27.3 Å². The molecule has 0 aliphatic heterocycles. The molecule has 78 valence electrons. The number of halogens is 1. The van der Waals surface area contributed by atoms with Crippen LogP contribution in [0.3, 0.4) is 0 Å². The fourth-order valence-corrected chi connectivity index (χ4v) is 3.10. The molecule has 15 heavy (non-hydrogen) atoms. The lowest BCUT2D eigenvalue weighted by atomic mass is 10.1. The highest BCUT2D eigenvalue weighted by atomic mass is 79.9. The fraction of sp³-hybridized carbons (Fsp3) is 0.167. The van der Waals surface area contributed by atoms with Gasteiger partial charge in [-0.25, -0.2) is 0 Å². The van der Waals surface area contributed by atoms with E-state index in [4.69, 9.17) is 0 Å². The molecule has 2 rings (SSSR count). The van der Waals surface area contributed by atoms with Crippen LogP contribution in [0.2, 0.25) is 0 Å². The van der Waals surface area contributed by atoms with E-state index < -0.39 is 6.10 Å². The fourth-order valence-electron chi connectivity index (χ4n) is 1.47. The van der Waals surface area contributed by atoms with Crippen LogP contribution in [0.1, 0.15) is 16.5 Å². The molecule has 0 aliphatic carbocycles. The number of rotatable bonds is 3. The van der Waals surface area contributed by atoms with Gasteiger partial charge in [0.15, 0.2) is 0 Å². The van der Waals surface area contributed by atoms with Gasteiger partial charge in [0.2, 0.25) is 0 Å². The van der Waals surface area contributed by atoms with Gasteiger partial charge in [-0.2, -0.15) is 0 Å². The topological polar surface area (TPSA) is 20.2 Å². The first kappa shape index (κ1) is 10.9. The van der Waals surface area contributed by atoms with Crippen molar-refractivity contribution in [3.63, 3.8) is 0 Å². The van der Waals surface area contributed by atoms with Crippen LogP contribution in [0, 0.1) is 0 Å². The minimum Gasteiger partial charge on any atom is -0.387 e. The molecule has 0 saturated carbocycles. The second-order valence-corrected chi connectivity index (χ2v) is 5.14. The number of benzene rings is 1. The predicted octanol–water partition coefficient (Wildman–Crippen LogP) is 3.79. The summed E-state index contributed by atoms with van der Waals surface area (Å²) in [6.45, 7) is 0. The molecule has 1 N–H and O–H groups in total. The van der Waals surface area contributed by atoms with Crippen LogP contribution < -0.4 is 0 Å². The van der Waals surface area contributed by atoms with Gasteiger partial charge in [0.05, 0.1) is 6.10 Å². The van der Waals surface area contributed by atoms with Gasteiger partial charge in [0, 0.05) is 15.8 Å². The first-order valence-electron chi connectivity index (χ1n) is 4.72. The number of hydrogen-bond acceptors (Lipinski definition) is 2. The zero-order chi connectivity index (χ0) is 10.7. The van der Waals surface area contributed by atoms with Crippen molar-refractivity contribution in [2.75, 3.05) is 0 Å². The molecule has 0 spiro atoms. The van der Waals surface area contributed by atoms with E-state index in [1.807, 2.05) is 41.8 Å². The van der Waals surface area contributed by atoms with Gasteiger partial charge in [-0.3, -0.25) is 0 Å². The van der Waals surface area contributed by atoms with Gasteiger partial charge < -0.3 is 5.11 Å². The second kappa shape index (κ2) is 4.92. The highest BCUT2D eigenvalue weighted by Crippen LogP contribution is 2.30. The van der Waals surface area contributed by atoms with Crippen molar-refractivity contribution in [2.45, 2.75) is 12.5 Å². The maximum atomic E-state index is 10.0. The summed E-state index contributed by atoms with van der Waals surface area (Å²) >= 11 is 5.01. The highest BCUT2D eigenvalue weighted by molar-refractivity contribution is 9.10. The van der Waals surface area contributed by atoms with Crippen LogP contribution in [0.15, 0.2) is 46.3 Å². The number of aliphatic hydroxyl groups excluding tert-OH is 1. The summed E-state index contributed by atoms with van der Waals surface area (Å²) in [6, 6.07) is 12.0. The largest absolute Gasteiger partial charge is 0.387 e. The molecule has 1 aromatic heterocycles. The van der Waals surface area contributed by atoms with Gasteiger partial charge in [-0.15, -0.1) is 11.3 Å². The van der Waals surface area contributed by atoms with Crippen molar-refractivity contribution in [3.05, 3.63) is 56.7 Å². The number of aliphatic hydroxyl groups is 1. The third kappa shape index (κ3) is 2.68. The molecular formula is C12H11BrOS. The molecule has 3 heteroatoms. The SMILES string of the molecule is OC(Cc1ccccc1)c1sccc1Br. The Hall–Kier alpha value is -0.640. The molecule has 1 nitrogen and oxygen atoms in total.